The molecular weight excluding hydrogens is 580 g/mol. The highest BCUT2D eigenvalue weighted by Crippen LogP contribution is 2.24. The van der Waals surface area contributed by atoms with Gasteiger partial charge in [0, 0.05) is 18.7 Å². The summed E-state index contributed by atoms with van der Waals surface area (Å²) in [4.78, 5) is 0.360. The molecule has 0 bridgehead atoms. The summed E-state index contributed by atoms with van der Waals surface area (Å²) in [6.07, 6.45) is 1.80. The van der Waals surface area contributed by atoms with Crippen LogP contribution in [0.2, 0.25) is 0 Å². The topological polar surface area (TPSA) is 37.4 Å². The van der Waals surface area contributed by atoms with Gasteiger partial charge in [-0.25, -0.2) is 8.42 Å². The van der Waals surface area contributed by atoms with E-state index < -0.39 is 10.0 Å². The van der Waals surface area contributed by atoms with Crippen molar-refractivity contribution in [3.8, 4) is 0 Å². The molecule has 40 heavy (non-hydrogen) atoms. The van der Waals surface area contributed by atoms with Crippen molar-refractivity contribution in [3.63, 3.8) is 0 Å². The van der Waals surface area contributed by atoms with Crippen LogP contribution in [0.1, 0.15) is 48.9 Å². The molecule has 0 saturated heterocycles. The van der Waals surface area contributed by atoms with Crippen molar-refractivity contribution in [1.29, 1.82) is 0 Å². The lowest BCUT2D eigenvalue weighted by Crippen LogP contribution is -3.00. The van der Waals surface area contributed by atoms with E-state index in [1.807, 2.05) is 66.7 Å². The monoisotopic (exact) mass is 622 g/mol. The Bertz CT molecular complexity index is 1460. The molecule has 0 spiro atoms. The van der Waals surface area contributed by atoms with Crippen LogP contribution >= 0.6 is 0 Å². The molecule has 4 rings (SSSR count). The van der Waals surface area contributed by atoms with E-state index in [0.29, 0.717) is 18.0 Å². The van der Waals surface area contributed by atoms with Gasteiger partial charge in [0.1, 0.15) is 6.54 Å². The van der Waals surface area contributed by atoms with E-state index in [0.717, 1.165) is 59.8 Å². The van der Waals surface area contributed by atoms with E-state index in [9.17, 15) is 8.42 Å². The molecule has 0 aliphatic rings. The normalized spacial score (nSPS) is 12.0. The lowest BCUT2D eigenvalue weighted by Gasteiger charge is -2.37. The number of aryl methyl sites for hydroxylation is 2. The molecule has 0 aromatic heterocycles. The largest absolute Gasteiger partial charge is 1.00 e. The first-order valence-electron chi connectivity index (χ1n) is 14.2. The fourth-order valence-corrected chi connectivity index (χ4v) is 7.18. The zero-order valence-electron chi connectivity index (χ0n) is 24.3. The Morgan fingerprint density at radius 3 is 1.98 bits per heavy atom. The Labute approximate surface area is 252 Å². The van der Waals surface area contributed by atoms with E-state index in [-0.39, 0.29) is 17.0 Å². The summed E-state index contributed by atoms with van der Waals surface area (Å²) in [7, 11) is -3.65. The number of benzene rings is 4. The van der Waals surface area contributed by atoms with Gasteiger partial charge in [0.25, 0.3) is 0 Å². The van der Waals surface area contributed by atoms with Crippen molar-refractivity contribution < 1.29 is 29.9 Å². The first kappa shape index (κ1) is 32.0. The number of hydrogen-bond acceptors (Lipinski definition) is 2. The summed E-state index contributed by atoms with van der Waals surface area (Å²) in [5, 5.41) is 1.99. The fraction of sp³-hybridized carbons (Fsp3) is 0.353. The van der Waals surface area contributed by atoms with Crippen LogP contribution in [-0.4, -0.2) is 43.4 Å². The van der Waals surface area contributed by atoms with Gasteiger partial charge in [-0.1, -0.05) is 90.0 Å². The Balaban J connectivity index is 0.00000441. The number of nitrogens with zero attached hydrogens (tertiary/aromatic N) is 2. The van der Waals surface area contributed by atoms with E-state index in [1.54, 1.807) is 10.4 Å². The van der Waals surface area contributed by atoms with E-state index in [4.69, 9.17) is 0 Å². The second-order valence-corrected chi connectivity index (χ2v) is 12.8. The predicted molar refractivity (Wildman–Crippen MR) is 163 cm³/mol. The second-order valence-electron chi connectivity index (χ2n) is 10.9. The van der Waals surface area contributed by atoms with Crippen LogP contribution < -0.4 is 17.0 Å². The predicted octanol–water partition coefficient (Wildman–Crippen LogP) is 4.49. The second kappa shape index (κ2) is 14.4. The summed E-state index contributed by atoms with van der Waals surface area (Å²) < 4.78 is 30.5. The molecule has 0 aliphatic heterocycles. The van der Waals surface area contributed by atoms with Crippen molar-refractivity contribution in [2.24, 2.45) is 0 Å². The maximum absolute atomic E-state index is 13.9. The van der Waals surface area contributed by atoms with Crippen molar-refractivity contribution in [1.82, 2.24) is 4.31 Å². The van der Waals surface area contributed by atoms with Crippen molar-refractivity contribution >= 4 is 20.8 Å². The molecule has 0 heterocycles. The number of sulfonamides is 1. The van der Waals surface area contributed by atoms with E-state index >= 15 is 0 Å². The Morgan fingerprint density at radius 1 is 0.700 bits per heavy atom. The van der Waals surface area contributed by atoms with Gasteiger partial charge in [-0.2, -0.15) is 4.31 Å². The minimum atomic E-state index is -3.65. The number of rotatable bonds is 13. The summed E-state index contributed by atoms with van der Waals surface area (Å²) in [6, 6.07) is 30.1. The number of quaternary nitrogens is 1. The fourth-order valence-electron chi connectivity index (χ4n) is 5.67. The van der Waals surface area contributed by atoms with Gasteiger partial charge in [0.15, 0.2) is 0 Å². The van der Waals surface area contributed by atoms with Crippen molar-refractivity contribution in [3.05, 3.63) is 113 Å². The standard InChI is InChI=1S/C34H43N2O2S.BrH/c1-5-36(6-2,27-31-23-28(3)22-29(4)24-31)21-13-12-20-35(26-30-14-8-7-9-15-30)39(37,38)34-19-18-32-16-10-11-17-33(32)25-34;/h7-11,14-19,22-25H,5-6,12-13,20-21,26-27H2,1-4H3;1H/q+1;/p-1. The molecule has 214 valence electrons. The van der Waals surface area contributed by atoms with Crippen molar-refractivity contribution in [2.45, 2.75) is 58.5 Å². The van der Waals surface area contributed by atoms with Gasteiger partial charge < -0.3 is 21.5 Å². The third kappa shape index (κ3) is 8.03. The molecule has 6 heteroatoms. The zero-order chi connectivity index (χ0) is 27.9. The average molecular weight is 624 g/mol. The lowest BCUT2D eigenvalue weighted by molar-refractivity contribution is -0.938. The molecule has 0 atom stereocenters. The first-order chi connectivity index (χ1) is 18.7. The lowest BCUT2D eigenvalue weighted by atomic mass is 10.1. The molecule has 0 aliphatic carbocycles. The van der Waals surface area contributed by atoms with Crippen LogP contribution in [0.4, 0.5) is 0 Å². The van der Waals surface area contributed by atoms with Crippen LogP contribution in [0.3, 0.4) is 0 Å². The summed E-state index contributed by atoms with van der Waals surface area (Å²) in [5.41, 5.74) is 5.02. The number of hydrogen-bond donors (Lipinski definition) is 0. The zero-order valence-corrected chi connectivity index (χ0v) is 26.7. The van der Waals surface area contributed by atoms with Crippen LogP contribution in [-0.2, 0) is 23.1 Å². The smallest absolute Gasteiger partial charge is 0.243 e. The van der Waals surface area contributed by atoms with Gasteiger partial charge in [-0.05, 0) is 69.0 Å². The van der Waals surface area contributed by atoms with Crippen LogP contribution in [0, 0.1) is 13.8 Å². The Hall–Kier alpha value is -2.51. The van der Waals surface area contributed by atoms with Crippen LogP contribution in [0.5, 0.6) is 0 Å². The molecule has 0 unspecified atom stereocenters. The van der Waals surface area contributed by atoms with Gasteiger partial charge >= 0.3 is 0 Å². The summed E-state index contributed by atoms with van der Waals surface area (Å²) in [6.45, 7) is 13.9. The molecule has 0 saturated carbocycles. The molecular formula is C34H43BrN2O2S. The summed E-state index contributed by atoms with van der Waals surface area (Å²) in [5.74, 6) is 0. The third-order valence-electron chi connectivity index (χ3n) is 7.99. The van der Waals surface area contributed by atoms with Crippen molar-refractivity contribution in [2.75, 3.05) is 26.2 Å². The quantitative estimate of drug-likeness (QED) is 0.163. The molecule has 0 amide bonds. The third-order valence-corrected chi connectivity index (χ3v) is 9.83. The Morgan fingerprint density at radius 2 is 1.32 bits per heavy atom. The molecule has 4 nitrogen and oxygen atoms in total. The van der Waals surface area contributed by atoms with E-state index in [1.165, 1.54) is 16.7 Å². The highest BCUT2D eigenvalue weighted by atomic mass is 79.9. The molecule has 4 aromatic carbocycles. The number of fused-ring (bicyclic) bond motifs is 1. The van der Waals surface area contributed by atoms with Crippen LogP contribution in [0.25, 0.3) is 10.8 Å². The maximum atomic E-state index is 13.9. The molecule has 0 fully saturated rings. The first-order valence-corrected chi connectivity index (χ1v) is 15.6. The number of halogens is 1. The highest BCUT2D eigenvalue weighted by molar-refractivity contribution is 7.89. The molecule has 0 N–H and O–H groups in total. The van der Waals surface area contributed by atoms with Gasteiger partial charge in [-0.3, -0.25) is 0 Å². The van der Waals surface area contributed by atoms with Gasteiger partial charge in [0.2, 0.25) is 10.0 Å². The van der Waals surface area contributed by atoms with E-state index in [2.05, 4.69) is 45.9 Å². The van der Waals surface area contributed by atoms with Crippen LogP contribution in [0.15, 0.2) is 95.9 Å². The molecule has 0 radical (unpaired) electrons. The van der Waals surface area contributed by atoms with Gasteiger partial charge in [-0.15, -0.1) is 0 Å². The minimum absolute atomic E-state index is 0. The Kier molecular flexibility index (Phi) is 11.5. The summed E-state index contributed by atoms with van der Waals surface area (Å²) >= 11 is 0. The average Bonchev–Trinajstić information content (AvgIpc) is 2.93. The maximum Gasteiger partial charge on any atom is 0.243 e. The minimum Gasteiger partial charge on any atom is -1.00 e. The SMILES string of the molecule is CC[N+](CC)(CCCCN(Cc1ccccc1)S(=O)(=O)c1ccc2ccccc2c1)Cc1cc(C)cc(C)c1.[Br-]. The van der Waals surface area contributed by atoms with Gasteiger partial charge in [0.05, 0.1) is 24.5 Å². The number of unbranched alkanes of at least 4 members (excludes halogenated alkanes) is 1. The molecule has 4 aromatic rings. The highest BCUT2D eigenvalue weighted by Gasteiger charge is 2.27.